The Bertz CT molecular complexity index is 429. The van der Waals surface area contributed by atoms with Crippen molar-refractivity contribution in [2.24, 2.45) is 5.73 Å². The number of benzene rings is 1. The molecule has 0 saturated carbocycles. The molecule has 0 fully saturated rings. The molecule has 3 nitrogen and oxygen atoms in total. The summed E-state index contributed by atoms with van der Waals surface area (Å²) in [5.74, 6) is 0. The molecule has 106 valence electrons. The van der Waals surface area contributed by atoms with Crippen LogP contribution in [-0.4, -0.2) is 43.6 Å². The van der Waals surface area contributed by atoms with E-state index in [2.05, 4.69) is 55.9 Å². The summed E-state index contributed by atoms with van der Waals surface area (Å²) in [6.45, 7) is 7.28. The van der Waals surface area contributed by atoms with Gasteiger partial charge in [-0.2, -0.15) is 0 Å². The van der Waals surface area contributed by atoms with Gasteiger partial charge in [0.05, 0.1) is 0 Å². The van der Waals surface area contributed by atoms with Crippen LogP contribution >= 0.6 is 12.2 Å². The highest BCUT2D eigenvalue weighted by Crippen LogP contribution is 2.22. The Labute approximate surface area is 122 Å². The molecule has 1 aromatic rings. The quantitative estimate of drug-likeness (QED) is 0.777. The molecule has 0 aliphatic heterocycles. The fourth-order valence-electron chi connectivity index (χ4n) is 2.07. The van der Waals surface area contributed by atoms with Crippen LogP contribution < -0.4 is 10.6 Å². The minimum Gasteiger partial charge on any atom is -0.389 e. The lowest BCUT2D eigenvalue weighted by atomic mass is 10.1. The molecule has 0 saturated heterocycles. The van der Waals surface area contributed by atoms with Gasteiger partial charge < -0.3 is 15.5 Å². The summed E-state index contributed by atoms with van der Waals surface area (Å²) in [6, 6.07) is 6.33. The van der Waals surface area contributed by atoms with Crippen molar-refractivity contribution in [3.05, 3.63) is 29.3 Å². The van der Waals surface area contributed by atoms with Gasteiger partial charge in [-0.25, -0.2) is 0 Å². The summed E-state index contributed by atoms with van der Waals surface area (Å²) in [5.41, 5.74) is 9.20. The Balaban J connectivity index is 3.03. The van der Waals surface area contributed by atoms with Gasteiger partial charge in [0, 0.05) is 30.9 Å². The number of rotatable bonds is 7. The third-order valence-corrected chi connectivity index (χ3v) is 3.29. The van der Waals surface area contributed by atoms with Gasteiger partial charge in [0.15, 0.2) is 0 Å². The molecule has 0 unspecified atom stereocenters. The van der Waals surface area contributed by atoms with E-state index in [9.17, 15) is 0 Å². The monoisotopic (exact) mass is 279 g/mol. The van der Waals surface area contributed by atoms with Gasteiger partial charge in [0.25, 0.3) is 0 Å². The highest BCUT2D eigenvalue weighted by atomic mass is 32.1. The average molecular weight is 279 g/mol. The zero-order valence-electron chi connectivity index (χ0n) is 12.4. The van der Waals surface area contributed by atoms with Crippen molar-refractivity contribution in [2.45, 2.75) is 20.3 Å². The van der Waals surface area contributed by atoms with Gasteiger partial charge in [-0.15, -0.1) is 0 Å². The Hall–Kier alpha value is -1.13. The largest absolute Gasteiger partial charge is 0.389 e. The highest BCUT2D eigenvalue weighted by Gasteiger charge is 2.12. The lowest BCUT2D eigenvalue weighted by Gasteiger charge is -2.28. The number of anilines is 1. The van der Waals surface area contributed by atoms with Gasteiger partial charge in [0.2, 0.25) is 0 Å². The van der Waals surface area contributed by atoms with Gasteiger partial charge in [-0.05, 0) is 39.6 Å². The van der Waals surface area contributed by atoms with E-state index >= 15 is 0 Å². The van der Waals surface area contributed by atoms with Crippen LogP contribution in [0.3, 0.4) is 0 Å². The molecule has 0 bridgehead atoms. The Morgan fingerprint density at radius 1 is 1.21 bits per heavy atom. The summed E-state index contributed by atoms with van der Waals surface area (Å²) in [5, 5.41) is 0. The van der Waals surface area contributed by atoms with Crippen molar-refractivity contribution in [2.75, 3.05) is 38.6 Å². The lowest BCUT2D eigenvalue weighted by Crippen LogP contribution is -2.33. The minimum atomic E-state index is 0.477. The van der Waals surface area contributed by atoms with Gasteiger partial charge >= 0.3 is 0 Å². The van der Waals surface area contributed by atoms with Crippen LogP contribution in [0.5, 0.6) is 0 Å². The molecular formula is C15H25N3S. The van der Waals surface area contributed by atoms with Crippen LogP contribution in [0.1, 0.15) is 24.5 Å². The minimum absolute atomic E-state index is 0.477. The first-order valence-corrected chi connectivity index (χ1v) is 7.16. The number of nitrogens with two attached hydrogens (primary N) is 1. The van der Waals surface area contributed by atoms with Crippen LogP contribution in [0.4, 0.5) is 5.69 Å². The fraction of sp³-hybridized carbons (Fsp3) is 0.533. The third-order valence-electron chi connectivity index (χ3n) is 3.07. The molecule has 0 heterocycles. The van der Waals surface area contributed by atoms with E-state index in [0.29, 0.717) is 4.99 Å². The number of hydrogen-bond donors (Lipinski definition) is 1. The van der Waals surface area contributed by atoms with Gasteiger partial charge in [0.1, 0.15) is 4.99 Å². The molecule has 0 aliphatic carbocycles. The van der Waals surface area contributed by atoms with Crippen LogP contribution in [-0.2, 0) is 0 Å². The van der Waals surface area contributed by atoms with E-state index in [1.165, 1.54) is 5.56 Å². The normalized spacial score (nSPS) is 10.8. The van der Waals surface area contributed by atoms with Crippen molar-refractivity contribution in [3.8, 4) is 0 Å². The zero-order chi connectivity index (χ0) is 14.4. The van der Waals surface area contributed by atoms with Crippen molar-refractivity contribution < 1.29 is 0 Å². The zero-order valence-corrected chi connectivity index (χ0v) is 13.3. The summed E-state index contributed by atoms with van der Waals surface area (Å²) in [7, 11) is 4.18. The van der Waals surface area contributed by atoms with E-state index in [4.69, 9.17) is 18.0 Å². The molecule has 0 amide bonds. The van der Waals surface area contributed by atoms with Gasteiger partial charge in [-0.1, -0.05) is 30.8 Å². The van der Waals surface area contributed by atoms with Crippen LogP contribution in [0.25, 0.3) is 0 Å². The summed E-state index contributed by atoms with van der Waals surface area (Å²) in [4.78, 5) is 5.04. The second-order valence-corrected chi connectivity index (χ2v) is 5.62. The molecule has 0 spiro atoms. The molecule has 19 heavy (non-hydrogen) atoms. The maximum Gasteiger partial charge on any atom is 0.106 e. The first kappa shape index (κ1) is 15.9. The molecule has 2 N–H and O–H groups in total. The smallest absolute Gasteiger partial charge is 0.106 e. The van der Waals surface area contributed by atoms with Gasteiger partial charge in [-0.3, -0.25) is 0 Å². The molecule has 1 aromatic carbocycles. The number of thiocarbonyl (C=S) groups is 1. The van der Waals surface area contributed by atoms with Crippen molar-refractivity contribution >= 4 is 22.9 Å². The third kappa shape index (κ3) is 4.80. The van der Waals surface area contributed by atoms with Crippen LogP contribution in [0.2, 0.25) is 0 Å². The van der Waals surface area contributed by atoms with E-state index in [1.54, 1.807) is 0 Å². The Kier molecular flexibility index (Phi) is 6.25. The molecule has 0 aliphatic rings. The SMILES string of the molecule is CCCN(CCN(C)C)c1ccc(C)cc1C(N)=S. The first-order chi connectivity index (χ1) is 8.95. The maximum absolute atomic E-state index is 5.87. The Morgan fingerprint density at radius 3 is 2.42 bits per heavy atom. The standard InChI is InChI=1S/C15H25N3S/c1-5-8-18(10-9-17(3)4)14-7-6-12(2)11-13(14)15(16)19/h6-7,11H,5,8-10H2,1-4H3,(H2,16,19). The van der Waals surface area contributed by atoms with E-state index in [0.717, 1.165) is 37.3 Å². The van der Waals surface area contributed by atoms with E-state index in [-0.39, 0.29) is 0 Å². The number of likely N-dealkylation sites (N-methyl/N-ethyl adjacent to an activating group) is 1. The van der Waals surface area contributed by atoms with Crippen molar-refractivity contribution in [1.82, 2.24) is 4.90 Å². The lowest BCUT2D eigenvalue weighted by molar-refractivity contribution is 0.413. The molecule has 0 aromatic heterocycles. The maximum atomic E-state index is 5.87. The molecular weight excluding hydrogens is 254 g/mol. The molecule has 4 heteroatoms. The second kappa shape index (κ2) is 7.46. The second-order valence-electron chi connectivity index (χ2n) is 5.18. The van der Waals surface area contributed by atoms with Crippen LogP contribution in [0, 0.1) is 6.92 Å². The topological polar surface area (TPSA) is 32.5 Å². The van der Waals surface area contributed by atoms with E-state index in [1.807, 2.05) is 0 Å². The summed E-state index contributed by atoms with van der Waals surface area (Å²) in [6.07, 6.45) is 1.11. The number of nitrogens with zero attached hydrogens (tertiary/aromatic N) is 2. The Morgan fingerprint density at radius 2 is 1.89 bits per heavy atom. The van der Waals surface area contributed by atoms with Crippen molar-refractivity contribution in [1.29, 1.82) is 0 Å². The average Bonchev–Trinajstić information content (AvgIpc) is 2.34. The molecule has 0 atom stereocenters. The predicted octanol–water partition coefficient (Wildman–Crippen LogP) is 2.41. The highest BCUT2D eigenvalue weighted by molar-refractivity contribution is 7.80. The van der Waals surface area contributed by atoms with E-state index < -0.39 is 0 Å². The molecule has 1 rings (SSSR count). The van der Waals surface area contributed by atoms with Crippen molar-refractivity contribution in [3.63, 3.8) is 0 Å². The fourth-order valence-corrected chi connectivity index (χ4v) is 2.23. The number of aryl methyl sites for hydroxylation is 1. The predicted molar refractivity (Wildman–Crippen MR) is 88.1 cm³/mol. The number of hydrogen-bond acceptors (Lipinski definition) is 3. The summed E-state index contributed by atoms with van der Waals surface area (Å²) >= 11 is 5.19. The summed E-state index contributed by atoms with van der Waals surface area (Å²) < 4.78 is 0. The molecule has 0 radical (unpaired) electrons. The van der Waals surface area contributed by atoms with Crippen LogP contribution in [0.15, 0.2) is 18.2 Å². The first-order valence-electron chi connectivity index (χ1n) is 6.75.